The molecule has 2 aliphatic carbocycles. The lowest BCUT2D eigenvalue weighted by molar-refractivity contribution is 0.660. The van der Waals surface area contributed by atoms with E-state index in [1.165, 1.54) is 220 Å². The van der Waals surface area contributed by atoms with Crippen LogP contribution in [0.15, 0.2) is 497 Å². The third-order valence-electron chi connectivity index (χ3n) is 29.3. The molecule has 0 aliphatic heterocycles. The Balaban J connectivity index is 0.000000146. The van der Waals surface area contributed by atoms with Crippen LogP contribution in [0.4, 0.5) is 34.1 Å². The van der Waals surface area contributed by atoms with Crippen molar-refractivity contribution in [1.82, 2.24) is 0 Å². The van der Waals surface area contributed by atoms with E-state index in [0.29, 0.717) is 0 Å². The molecule has 0 N–H and O–H groups in total. The first-order valence-electron chi connectivity index (χ1n) is 47.5. The molecule has 0 spiro atoms. The van der Waals surface area contributed by atoms with Gasteiger partial charge in [0.05, 0.1) is 11.4 Å². The Kier molecular flexibility index (Phi) is 19.7. The fraction of sp³-hybridized carbons (Fsp3) is 0.0448. The second-order valence-electron chi connectivity index (χ2n) is 37.6. The van der Waals surface area contributed by atoms with E-state index in [2.05, 4.69) is 535 Å². The first kappa shape index (κ1) is 81.0. The van der Waals surface area contributed by atoms with Gasteiger partial charge in [-0.2, -0.15) is 0 Å². The van der Waals surface area contributed by atoms with E-state index in [9.17, 15) is 0 Å². The SMILES string of the molecule is CC1(C)c2ccccc2-c2ccc(N(c3ccc(-c4ccc5c(c4)c4ccccc4c4c(-c6ccccc6)cc(-c6ccccc6)c(-c6ccccc6)c54)cc3)c3ccc4c(c3)C(C)(C)c3ccccc3-4)cc21.c1ccc(-c2cc(-c3ccccc3)c3c4ccccc4c4cc(-c5ccc(N(c6cccc7ccccc67)c6cccc7ccccc67)cc5)ccc4c3c2-c2ccccc2)cc1. The highest BCUT2D eigenvalue weighted by atomic mass is 15.2. The van der Waals surface area contributed by atoms with Crippen molar-refractivity contribution < 1.29 is 0 Å². The molecule has 0 fully saturated rings. The van der Waals surface area contributed by atoms with Gasteiger partial charge in [-0.1, -0.05) is 440 Å². The maximum atomic E-state index is 2.47. The van der Waals surface area contributed by atoms with Crippen LogP contribution in [0.3, 0.4) is 0 Å². The fourth-order valence-electron chi connectivity index (χ4n) is 22.8. The first-order chi connectivity index (χ1) is 67.0. The van der Waals surface area contributed by atoms with Crippen LogP contribution in [0, 0.1) is 0 Å². The number of nitrogens with zero attached hydrogens (tertiary/aromatic N) is 2. The second kappa shape index (κ2) is 33.1. The number of hydrogen-bond donors (Lipinski definition) is 0. The van der Waals surface area contributed by atoms with Crippen LogP contribution in [0.2, 0.25) is 0 Å². The molecule has 24 aromatic rings. The maximum Gasteiger partial charge on any atom is 0.0540 e. The monoisotopic (exact) mass is 1730 g/mol. The molecule has 0 saturated heterocycles. The Bertz CT molecular complexity index is 8650. The first-order valence-corrected chi connectivity index (χ1v) is 47.5. The summed E-state index contributed by atoms with van der Waals surface area (Å²) < 4.78 is 0. The lowest BCUT2D eigenvalue weighted by Crippen LogP contribution is -2.18. The molecular weight excluding hydrogens is 1640 g/mol. The molecule has 0 radical (unpaired) electrons. The summed E-state index contributed by atoms with van der Waals surface area (Å²) in [5.41, 5.74) is 36.8. The molecule has 0 heterocycles. The highest BCUT2D eigenvalue weighted by molar-refractivity contribution is 6.35. The Hall–Kier alpha value is -17.0. The molecule has 0 unspecified atom stereocenters. The Morgan fingerprint density at radius 1 is 0.147 bits per heavy atom. The van der Waals surface area contributed by atoms with Crippen molar-refractivity contribution >= 4 is 120 Å². The van der Waals surface area contributed by atoms with Crippen molar-refractivity contribution in [3.05, 3.63) is 520 Å². The Labute approximate surface area is 793 Å². The molecule has 26 rings (SSSR count). The maximum absolute atomic E-state index is 2.47. The van der Waals surface area contributed by atoms with E-state index in [4.69, 9.17) is 0 Å². The average Bonchev–Trinajstić information content (AvgIpc) is 0.990. The zero-order valence-corrected chi connectivity index (χ0v) is 76.2. The van der Waals surface area contributed by atoms with Gasteiger partial charge < -0.3 is 9.80 Å². The predicted octanol–water partition coefficient (Wildman–Crippen LogP) is 37.5. The summed E-state index contributed by atoms with van der Waals surface area (Å²) in [6, 6.07) is 184. The van der Waals surface area contributed by atoms with Crippen molar-refractivity contribution in [3.63, 3.8) is 0 Å². The van der Waals surface area contributed by atoms with E-state index in [-0.39, 0.29) is 10.8 Å². The highest BCUT2D eigenvalue weighted by Gasteiger charge is 2.39. The van der Waals surface area contributed by atoms with E-state index in [1.54, 1.807) is 0 Å². The minimum Gasteiger partial charge on any atom is -0.310 e. The number of hydrogen-bond acceptors (Lipinski definition) is 2. The Morgan fingerprint density at radius 2 is 0.434 bits per heavy atom. The molecule has 2 nitrogen and oxygen atoms in total. The number of rotatable bonds is 14. The predicted molar refractivity (Wildman–Crippen MR) is 581 cm³/mol. The summed E-state index contributed by atoms with van der Waals surface area (Å²) in [4.78, 5) is 4.90. The fourth-order valence-corrected chi connectivity index (χ4v) is 22.8. The topological polar surface area (TPSA) is 6.48 Å². The van der Waals surface area contributed by atoms with E-state index >= 15 is 0 Å². The largest absolute Gasteiger partial charge is 0.310 e. The van der Waals surface area contributed by atoms with Gasteiger partial charge >= 0.3 is 0 Å². The lowest BCUT2D eigenvalue weighted by Gasteiger charge is -2.30. The zero-order chi connectivity index (χ0) is 90.7. The van der Waals surface area contributed by atoms with Gasteiger partial charge in [0.2, 0.25) is 0 Å². The molecule has 640 valence electrons. The molecule has 0 saturated carbocycles. The van der Waals surface area contributed by atoms with Crippen LogP contribution in [0.25, 0.3) is 197 Å². The minimum absolute atomic E-state index is 0.126. The van der Waals surface area contributed by atoms with Crippen LogP contribution in [0.1, 0.15) is 49.9 Å². The standard InChI is InChI=1S/C72H53N.C62H41N/c1-71(2)64-30-18-16-27-55(64)57-40-37-52(43-66(57)71)73(53-38-41-58-56-28-17-19-31-65(56)72(3,4)67(58)44-53)51-35-32-46(33-36-51)50-34-39-60-63(42-50)54-26-14-15-29-59(54)69-62(48-22-10-6-11-23-48)45-61(47-20-8-5-9-21-47)68(70(60)69)49-24-12-7-13-25-49;1-4-18-45(19-5-1)55-41-56(46-20-6-2-7-21-46)61-53-31-15-14-30-52(53)57-40-48(36-39-54(57)62(61)60(55)47-24-8-3-9-25-47)42-34-37-49(38-35-42)63(58-32-16-26-43-22-10-12-28-50(43)58)59-33-17-27-44-23-11-13-29-51(44)59/h5-45H,1-4H3;1-41H. The van der Waals surface area contributed by atoms with E-state index in [1.807, 2.05) is 0 Å². The highest BCUT2D eigenvalue weighted by Crippen LogP contribution is 2.57. The third-order valence-corrected chi connectivity index (χ3v) is 29.3. The van der Waals surface area contributed by atoms with E-state index < -0.39 is 0 Å². The Morgan fingerprint density at radius 3 is 0.824 bits per heavy atom. The van der Waals surface area contributed by atoms with Gasteiger partial charge in [-0.15, -0.1) is 0 Å². The quantitative estimate of drug-likeness (QED) is 0.100. The van der Waals surface area contributed by atoms with Crippen LogP contribution in [0.5, 0.6) is 0 Å². The van der Waals surface area contributed by atoms with Gasteiger partial charge in [-0.3, -0.25) is 0 Å². The van der Waals surface area contributed by atoms with Crippen molar-refractivity contribution in [2.45, 2.75) is 38.5 Å². The van der Waals surface area contributed by atoms with Crippen molar-refractivity contribution in [2.24, 2.45) is 0 Å². The van der Waals surface area contributed by atoms with Gasteiger partial charge in [0.25, 0.3) is 0 Å². The summed E-state index contributed by atoms with van der Waals surface area (Å²) in [5.74, 6) is 0. The molecular formula is C134H94N2. The van der Waals surface area contributed by atoms with Gasteiger partial charge in [-0.05, 0) is 294 Å². The van der Waals surface area contributed by atoms with Crippen LogP contribution in [-0.2, 0) is 10.8 Å². The third kappa shape index (κ3) is 13.5. The second-order valence-corrected chi connectivity index (χ2v) is 37.6. The van der Waals surface area contributed by atoms with Gasteiger partial charge in [0, 0.05) is 44.4 Å². The molecule has 0 aromatic heterocycles. The van der Waals surface area contributed by atoms with Crippen LogP contribution >= 0.6 is 0 Å². The van der Waals surface area contributed by atoms with Gasteiger partial charge in [0.15, 0.2) is 0 Å². The lowest BCUT2D eigenvalue weighted by atomic mass is 9.81. The van der Waals surface area contributed by atoms with Crippen LogP contribution < -0.4 is 9.80 Å². The summed E-state index contributed by atoms with van der Waals surface area (Å²) in [6.45, 7) is 9.49. The van der Waals surface area contributed by atoms with Crippen molar-refractivity contribution in [3.8, 4) is 111 Å². The number of fused-ring (bicyclic) bond motifs is 20. The summed E-state index contributed by atoms with van der Waals surface area (Å²) in [5, 5.41) is 20.0. The summed E-state index contributed by atoms with van der Waals surface area (Å²) >= 11 is 0. The molecule has 0 amide bonds. The molecule has 24 aromatic carbocycles. The summed E-state index contributed by atoms with van der Waals surface area (Å²) in [6.07, 6.45) is 0. The molecule has 0 bridgehead atoms. The molecule has 2 aliphatic rings. The van der Waals surface area contributed by atoms with Gasteiger partial charge in [-0.25, -0.2) is 0 Å². The zero-order valence-electron chi connectivity index (χ0n) is 76.2. The summed E-state index contributed by atoms with van der Waals surface area (Å²) in [7, 11) is 0. The average molecular weight is 1730 g/mol. The van der Waals surface area contributed by atoms with Crippen molar-refractivity contribution in [1.29, 1.82) is 0 Å². The van der Waals surface area contributed by atoms with Crippen molar-refractivity contribution in [2.75, 3.05) is 9.80 Å². The minimum atomic E-state index is -0.126. The molecule has 136 heavy (non-hydrogen) atoms. The molecule has 0 atom stereocenters. The smallest absolute Gasteiger partial charge is 0.0540 e. The van der Waals surface area contributed by atoms with Crippen LogP contribution in [-0.4, -0.2) is 0 Å². The number of benzene rings is 24. The van der Waals surface area contributed by atoms with E-state index in [0.717, 1.165) is 34.1 Å². The molecule has 2 heteroatoms. The number of anilines is 6. The normalized spacial score (nSPS) is 12.7. The van der Waals surface area contributed by atoms with Gasteiger partial charge in [0.1, 0.15) is 0 Å².